The highest BCUT2D eigenvalue weighted by Gasteiger charge is 2.12. The Morgan fingerprint density at radius 1 is 1.11 bits per heavy atom. The van der Waals surface area contributed by atoms with Crippen molar-refractivity contribution in [3.05, 3.63) is 87.1 Å². The molecule has 7 nitrogen and oxygen atoms in total. The summed E-state index contributed by atoms with van der Waals surface area (Å²) in [6.45, 7) is 0. The summed E-state index contributed by atoms with van der Waals surface area (Å²) in [4.78, 5) is 22.4. The number of hydrogen-bond acceptors (Lipinski definition) is 5. The minimum absolute atomic E-state index is 0.0978. The van der Waals surface area contributed by atoms with Crippen LogP contribution in [0.25, 0.3) is 17.4 Å². The second kappa shape index (κ2) is 8.20. The Morgan fingerprint density at radius 2 is 1.79 bits per heavy atom. The summed E-state index contributed by atoms with van der Waals surface area (Å²) >= 11 is 5.86. The van der Waals surface area contributed by atoms with Crippen LogP contribution in [0.2, 0.25) is 5.02 Å². The first-order valence-corrected chi connectivity index (χ1v) is 8.37. The number of nitrogens with one attached hydrogen (secondary N) is 1. The Morgan fingerprint density at radius 3 is 2.39 bits per heavy atom. The molecular weight excluding hydrogens is 382 g/mol. The molecule has 0 saturated carbocycles. The van der Waals surface area contributed by atoms with E-state index >= 15 is 0 Å². The van der Waals surface area contributed by atoms with Crippen molar-refractivity contribution in [2.45, 2.75) is 0 Å². The Bertz CT molecular complexity index is 1090. The maximum atomic E-state index is 12.3. The van der Waals surface area contributed by atoms with Crippen molar-refractivity contribution >= 4 is 35.0 Å². The van der Waals surface area contributed by atoms with E-state index in [-0.39, 0.29) is 11.3 Å². The molecule has 1 aromatic heterocycles. The summed E-state index contributed by atoms with van der Waals surface area (Å²) in [5, 5.41) is 23.1. The molecule has 0 bridgehead atoms. The number of hydrogen-bond donors (Lipinski definition) is 1. The molecule has 0 spiro atoms. The summed E-state index contributed by atoms with van der Waals surface area (Å²) in [5.74, 6) is 0.247. The Balaban J connectivity index is 1.76. The third-order valence-corrected chi connectivity index (χ3v) is 4.00. The molecule has 0 atom stereocenters. The van der Waals surface area contributed by atoms with Crippen molar-refractivity contribution < 1.29 is 14.1 Å². The molecular formula is C20H12ClN3O4. The molecule has 0 aliphatic rings. The van der Waals surface area contributed by atoms with Crippen LogP contribution in [0.3, 0.4) is 0 Å². The molecule has 0 unspecified atom stereocenters. The average Bonchev–Trinajstić information content (AvgIpc) is 3.15. The lowest BCUT2D eigenvalue weighted by Crippen LogP contribution is -2.13. The van der Waals surface area contributed by atoms with E-state index in [4.69, 9.17) is 16.0 Å². The summed E-state index contributed by atoms with van der Waals surface area (Å²) < 4.78 is 5.66. The molecule has 3 rings (SSSR count). The first-order valence-electron chi connectivity index (χ1n) is 7.99. The zero-order valence-electron chi connectivity index (χ0n) is 14.3. The molecule has 0 saturated heterocycles. The number of rotatable bonds is 5. The fourth-order valence-electron chi connectivity index (χ4n) is 2.36. The average molecular weight is 394 g/mol. The largest absolute Gasteiger partial charge is 0.457 e. The summed E-state index contributed by atoms with van der Waals surface area (Å²) in [5.41, 5.74) is 0.866. The van der Waals surface area contributed by atoms with Gasteiger partial charge in [-0.05, 0) is 48.5 Å². The molecule has 0 fully saturated rings. The number of nitrogens with zero attached hydrogens (tertiary/aromatic N) is 2. The van der Waals surface area contributed by atoms with E-state index in [1.807, 2.05) is 6.07 Å². The van der Waals surface area contributed by atoms with Gasteiger partial charge >= 0.3 is 0 Å². The minimum atomic E-state index is -0.652. The maximum absolute atomic E-state index is 12.3. The molecule has 0 aliphatic carbocycles. The Kier molecular flexibility index (Phi) is 5.53. The van der Waals surface area contributed by atoms with Crippen LogP contribution in [0, 0.1) is 21.4 Å². The molecule has 1 N–H and O–H groups in total. The van der Waals surface area contributed by atoms with Gasteiger partial charge in [-0.25, -0.2) is 0 Å². The fourth-order valence-corrected chi connectivity index (χ4v) is 2.48. The SMILES string of the molecule is N#C/C(=C\c1ccc(-c2ccc(Cl)cc2)o1)C(=O)Nc1ccc([N+](=O)[O-])cc1. The van der Waals surface area contributed by atoms with Gasteiger partial charge in [0.05, 0.1) is 4.92 Å². The highest BCUT2D eigenvalue weighted by Crippen LogP contribution is 2.25. The van der Waals surface area contributed by atoms with Gasteiger partial charge in [0.15, 0.2) is 0 Å². The number of nitro groups is 1. The van der Waals surface area contributed by atoms with Crippen molar-refractivity contribution in [3.8, 4) is 17.4 Å². The second-order valence-electron chi connectivity index (χ2n) is 5.64. The second-order valence-corrected chi connectivity index (χ2v) is 6.07. The summed E-state index contributed by atoms with van der Waals surface area (Å²) in [6.07, 6.45) is 1.32. The monoisotopic (exact) mass is 393 g/mol. The van der Waals surface area contributed by atoms with Crippen molar-refractivity contribution in [2.24, 2.45) is 0 Å². The van der Waals surface area contributed by atoms with E-state index < -0.39 is 10.8 Å². The van der Waals surface area contributed by atoms with Crippen LogP contribution in [0.4, 0.5) is 11.4 Å². The first-order chi connectivity index (χ1) is 13.5. The minimum Gasteiger partial charge on any atom is -0.457 e. The molecule has 1 heterocycles. The van der Waals surface area contributed by atoms with Gasteiger partial charge in [0.1, 0.15) is 23.2 Å². The van der Waals surface area contributed by atoms with Gasteiger partial charge < -0.3 is 9.73 Å². The number of benzene rings is 2. The molecule has 0 aliphatic heterocycles. The molecule has 3 aromatic rings. The molecule has 138 valence electrons. The number of furan rings is 1. The lowest BCUT2D eigenvalue weighted by Gasteiger charge is -2.03. The highest BCUT2D eigenvalue weighted by molar-refractivity contribution is 6.30. The highest BCUT2D eigenvalue weighted by atomic mass is 35.5. The molecule has 2 aromatic carbocycles. The van der Waals surface area contributed by atoms with Gasteiger partial charge in [0.2, 0.25) is 0 Å². The number of carbonyl (C=O) groups is 1. The predicted octanol–water partition coefficient (Wildman–Crippen LogP) is 5.05. The van der Waals surface area contributed by atoms with Gasteiger partial charge in [-0.15, -0.1) is 0 Å². The third-order valence-electron chi connectivity index (χ3n) is 3.74. The lowest BCUT2D eigenvalue weighted by molar-refractivity contribution is -0.384. The van der Waals surface area contributed by atoms with Crippen LogP contribution in [-0.2, 0) is 4.79 Å². The van der Waals surface area contributed by atoms with Gasteiger partial charge in [-0.2, -0.15) is 5.26 Å². The number of halogens is 1. The summed E-state index contributed by atoms with van der Waals surface area (Å²) in [6, 6.07) is 17.5. The number of anilines is 1. The first kappa shape index (κ1) is 18.9. The van der Waals surface area contributed by atoms with Crippen molar-refractivity contribution in [3.63, 3.8) is 0 Å². The lowest BCUT2D eigenvalue weighted by atomic mass is 10.2. The van der Waals surface area contributed by atoms with Crippen LogP contribution in [0.15, 0.2) is 70.7 Å². The molecule has 0 radical (unpaired) electrons. The van der Waals surface area contributed by atoms with E-state index in [2.05, 4.69) is 5.32 Å². The predicted molar refractivity (Wildman–Crippen MR) is 104 cm³/mol. The maximum Gasteiger partial charge on any atom is 0.269 e. The van der Waals surface area contributed by atoms with Crippen LogP contribution in [-0.4, -0.2) is 10.8 Å². The van der Waals surface area contributed by atoms with E-state index in [9.17, 15) is 20.2 Å². The van der Waals surface area contributed by atoms with Crippen molar-refractivity contribution in [2.75, 3.05) is 5.32 Å². The van der Waals surface area contributed by atoms with Gasteiger partial charge in [-0.1, -0.05) is 11.6 Å². The van der Waals surface area contributed by atoms with E-state index in [0.29, 0.717) is 22.2 Å². The van der Waals surface area contributed by atoms with Gasteiger partial charge in [-0.3, -0.25) is 14.9 Å². The Labute approximate surface area is 164 Å². The van der Waals surface area contributed by atoms with Crippen LogP contribution in [0.5, 0.6) is 0 Å². The normalized spacial score (nSPS) is 10.9. The fraction of sp³-hybridized carbons (Fsp3) is 0. The number of non-ortho nitro benzene ring substituents is 1. The molecule has 8 heteroatoms. The topological polar surface area (TPSA) is 109 Å². The molecule has 28 heavy (non-hydrogen) atoms. The molecule has 1 amide bonds. The third kappa shape index (κ3) is 4.44. The Hall–Kier alpha value is -3.89. The summed E-state index contributed by atoms with van der Waals surface area (Å²) in [7, 11) is 0. The number of carbonyl (C=O) groups excluding carboxylic acids is 1. The van der Waals surface area contributed by atoms with Gasteiger partial charge in [0.25, 0.3) is 11.6 Å². The number of nitro benzene ring substituents is 1. The van der Waals surface area contributed by atoms with Gasteiger partial charge in [0, 0.05) is 34.5 Å². The zero-order valence-corrected chi connectivity index (χ0v) is 15.0. The van der Waals surface area contributed by atoms with E-state index in [1.54, 1.807) is 36.4 Å². The van der Waals surface area contributed by atoms with Crippen LogP contribution in [0.1, 0.15) is 5.76 Å². The van der Waals surface area contributed by atoms with Crippen molar-refractivity contribution in [1.29, 1.82) is 5.26 Å². The van der Waals surface area contributed by atoms with Crippen molar-refractivity contribution in [1.82, 2.24) is 0 Å². The van der Waals surface area contributed by atoms with Crippen LogP contribution < -0.4 is 5.32 Å². The number of amides is 1. The van der Waals surface area contributed by atoms with Crippen LogP contribution >= 0.6 is 11.6 Å². The zero-order chi connectivity index (χ0) is 20.1. The standard InChI is InChI=1S/C20H12ClN3O4/c21-15-3-1-13(2-4-15)19-10-9-18(28-19)11-14(12-22)20(25)23-16-5-7-17(8-6-16)24(26)27/h1-11H,(H,23,25)/b14-11+. The smallest absolute Gasteiger partial charge is 0.269 e. The van der Waals surface area contributed by atoms with E-state index in [1.165, 1.54) is 30.3 Å². The quantitative estimate of drug-likeness (QED) is 0.282. The van der Waals surface area contributed by atoms with E-state index in [0.717, 1.165) is 5.56 Å². The number of nitriles is 1.